The number of benzene rings is 1. The lowest BCUT2D eigenvalue weighted by atomic mass is 10.3. The summed E-state index contributed by atoms with van der Waals surface area (Å²) in [5, 5.41) is 0.134. The van der Waals surface area contributed by atoms with E-state index in [0.29, 0.717) is 5.69 Å². The van der Waals surface area contributed by atoms with Gasteiger partial charge in [0.15, 0.2) is 0 Å². The molecule has 0 atom stereocenters. The summed E-state index contributed by atoms with van der Waals surface area (Å²) in [6.07, 6.45) is 0. The molecule has 1 radical (unpaired) electrons. The Morgan fingerprint density at radius 1 is 1.56 bits per heavy atom. The monoisotopic (exact) mass is 144 g/mol. The van der Waals surface area contributed by atoms with Crippen molar-refractivity contribution in [2.24, 2.45) is 0 Å². The highest BCUT2D eigenvalue weighted by molar-refractivity contribution is 6.32. The summed E-state index contributed by atoms with van der Waals surface area (Å²) in [5.74, 6) is -0.491. The molecule has 0 aliphatic rings. The van der Waals surface area contributed by atoms with Crippen molar-refractivity contribution >= 4 is 17.3 Å². The highest BCUT2D eigenvalue weighted by Gasteiger charge is 1.95. The molecule has 0 bridgehead atoms. The number of nitrogen functional groups attached to an aromatic ring is 1. The minimum Gasteiger partial charge on any atom is -0.398 e. The molecule has 1 rings (SSSR count). The van der Waals surface area contributed by atoms with Crippen LogP contribution in [0.25, 0.3) is 0 Å². The molecular formula is C6H4ClFN. The molecule has 1 aromatic carbocycles. The van der Waals surface area contributed by atoms with Crippen LogP contribution in [0.2, 0.25) is 5.02 Å². The minimum absolute atomic E-state index is 0.134. The predicted octanol–water partition coefficient (Wildman–Crippen LogP) is 1.86. The third-order valence-corrected chi connectivity index (χ3v) is 1.20. The maximum atomic E-state index is 12.2. The SMILES string of the molecule is Nc1ccc(F)[c]c1Cl. The normalized spacial score (nSPS) is 9.56. The molecule has 0 saturated heterocycles. The molecule has 2 N–H and O–H groups in total. The molecule has 0 aliphatic heterocycles. The Hall–Kier alpha value is -0.760. The van der Waals surface area contributed by atoms with Gasteiger partial charge in [-0.3, -0.25) is 0 Å². The van der Waals surface area contributed by atoms with E-state index in [2.05, 4.69) is 6.07 Å². The quantitative estimate of drug-likeness (QED) is 0.553. The van der Waals surface area contributed by atoms with Gasteiger partial charge in [-0.2, -0.15) is 0 Å². The first-order chi connectivity index (χ1) is 4.20. The number of halogens is 2. The zero-order valence-electron chi connectivity index (χ0n) is 4.49. The molecule has 3 heteroatoms. The highest BCUT2D eigenvalue weighted by atomic mass is 35.5. The Kier molecular flexibility index (Phi) is 1.58. The van der Waals surface area contributed by atoms with Crippen molar-refractivity contribution in [3.63, 3.8) is 0 Å². The van der Waals surface area contributed by atoms with Gasteiger partial charge in [0, 0.05) is 6.07 Å². The molecule has 0 fully saturated rings. The van der Waals surface area contributed by atoms with Crippen molar-refractivity contribution in [1.82, 2.24) is 0 Å². The first-order valence-corrected chi connectivity index (χ1v) is 2.71. The van der Waals surface area contributed by atoms with Crippen LogP contribution in [0.4, 0.5) is 10.1 Å². The first kappa shape index (κ1) is 6.36. The fourth-order valence-electron chi connectivity index (χ4n) is 0.455. The average molecular weight is 145 g/mol. The minimum atomic E-state index is -0.491. The van der Waals surface area contributed by atoms with Gasteiger partial charge in [-0.15, -0.1) is 0 Å². The van der Waals surface area contributed by atoms with Crippen molar-refractivity contribution in [3.05, 3.63) is 29.0 Å². The van der Waals surface area contributed by atoms with Gasteiger partial charge >= 0.3 is 0 Å². The molecular weight excluding hydrogens is 141 g/mol. The van der Waals surface area contributed by atoms with Gasteiger partial charge in [-0.05, 0) is 12.1 Å². The molecule has 1 aromatic rings. The zero-order valence-corrected chi connectivity index (χ0v) is 5.24. The van der Waals surface area contributed by atoms with Crippen LogP contribution in [0, 0.1) is 11.9 Å². The highest BCUT2D eigenvalue weighted by Crippen LogP contribution is 2.17. The second-order valence-electron chi connectivity index (χ2n) is 1.58. The van der Waals surface area contributed by atoms with E-state index in [0.717, 1.165) is 0 Å². The molecule has 0 saturated carbocycles. The zero-order chi connectivity index (χ0) is 6.85. The Labute approximate surface area is 57.2 Å². The molecule has 1 nitrogen and oxygen atoms in total. The summed E-state index contributed by atoms with van der Waals surface area (Å²) in [7, 11) is 0. The van der Waals surface area contributed by atoms with Crippen molar-refractivity contribution in [2.45, 2.75) is 0 Å². The fraction of sp³-hybridized carbons (Fsp3) is 0. The number of hydrogen-bond donors (Lipinski definition) is 1. The van der Waals surface area contributed by atoms with Crippen LogP contribution in [0.3, 0.4) is 0 Å². The summed E-state index contributed by atoms with van der Waals surface area (Å²) < 4.78 is 12.2. The number of nitrogens with two attached hydrogens (primary N) is 1. The number of rotatable bonds is 0. The molecule has 47 valence electrons. The lowest BCUT2D eigenvalue weighted by Gasteiger charge is -1.93. The van der Waals surface area contributed by atoms with Crippen LogP contribution in [-0.4, -0.2) is 0 Å². The van der Waals surface area contributed by atoms with Gasteiger partial charge in [0.25, 0.3) is 0 Å². The summed E-state index contributed by atoms with van der Waals surface area (Å²) in [4.78, 5) is 0. The summed E-state index contributed by atoms with van der Waals surface area (Å²) >= 11 is 5.39. The average Bonchev–Trinajstić information content (AvgIpc) is 1.80. The van der Waals surface area contributed by atoms with Crippen LogP contribution in [0.15, 0.2) is 12.1 Å². The Morgan fingerprint density at radius 2 is 2.22 bits per heavy atom. The van der Waals surface area contributed by atoms with Crippen LogP contribution >= 0.6 is 11.6 Å². The van der Waals surface area contributed by atoms with Gasteiger partial charge in [-0.1, -0.05) is 11.6 Å². The van der Waals surface area contributed by atoms with Gasteiger partial charge in [-0.25, -0.2) is 4.39 Å². The lowest BCUT2D eigenvalue weighted by Crippen LogP contribution is -1.86. The second kappa shape index (κ2) is 2.23. The van der Waals surface area contributed by atoms with Crippen LogP contribution in [0.1, 0.15) is 0 Å². The Bertz CT molecular complexity index is 224. The standard InChI is InChI=1S/C6H4ClFN/c7-5-3-4(8)1-2-6(5)9/h1-2H,9H2. The topological polar surface area (TPSA) is 26.0 Å². The van der Waals surface area contributed by atoms with Crippen LogP contribution < -0.4 is 5.73 Å². The van der Waals surface area contributed by atoms with Crippen LogP contribution in [-0.2, 0) is 0 Å². The predicted molar refractivity (Wildman–Crippen MR) is 34.7 cm³/mol. The van der Waals surface area contributed by atoms with E-state index in [4.69, 9.17) is 17.3 Å². The van der Waals surface area contributed by atoms with Gasteiger partial charge in [0.2, 0.25) is 0 Å². The van der Waals surface area contributed by atoms with E-state index < -0.39 is 5.82 Å². The largest absolute Gasteiger partial charge is 0.398 e. The summed E-state index contributed by atoms with van der Waals surface area (Å²) in [5.41, 5.74) is 5.60. The van der Waals surface area contributed by atoms with E-state index in [1.54, 1.807) is 0 Å². The molecule has 9 heavy (non-hydrogen) atoms. The molecule has 0 unspecified atom stereocenters. The first-order valence-electron chi connectivity index (χ1n) is 2.33. The van der Waals surface area contributed by atoms with Gasteiger partial charge in [0.05, 0.1) is 10.7 Å². The van der Waals surface area contributed by atoms with Crippen molar-refractivity contribution in [2.75, 3.05) is 5.73 Å². The van der Waals surface area contributed by atoms with E-state index >= 15 is 0 Å². The molecule has 0 amide bonds. The molecule has 0 spiro atoms. The molecule has 0 heterocycles. The van der Waals surface area contributed by atoms with E-state index in [1.165, 1.54) is 12.1 Å². The van der Waals surface area contributed by atoms with Gasteiger partial charge < -0.3 is 5.73 Å². The van der Waals surface area contributed by atoms with Crippen molar-refractivity contribution in [1.29, 1.82) is 0 Å². The fourth-order valence-corrected chi connectivity index (χ4v) is 0.608. The smallest absolute Gasteiger partial charge is 0.132 e. The maximum Gasteiger partial charge on any atom is 0.132 e. The van der Waals surface area contributed by atoms with Crippen molar-refractivity contribution < 1.29 is 4.39 Å². The van der Waals surface area contributed by atoms with Crippen molar-refractivity contribution in [3.8, 4) is 0 Å². The van der Waals surface area contributed by atoms with E-state index in [1.807, 2.05) is 0 Å². The maximum absolute atomic E-state index is 12.2. The Balaban J connectivity index is 3.17. The second-order valence-corrected chi connectivity index (χ2v) is 1.95. The van der Waals surface area contributed by atoms with E-state index in [9.17, 15) is 4.39 Å². The third kappa shape index (κ3) is 1.33. The lowest BCUT2D eigenvalue weighted by molar-refractivity contribution is 0.626. The van der Waals surface area contributed by atoms with E-state index in [-0.39, 0.29) is 5.02 Å². The summed E-state index contributed by atoms with van der Waals surface area (Å²) in [6.45, 7) is 0. The molecule has 0 aromatic heterocycles. The summed E-state index contributed by atoms with van der Waals surface area (Å²) in [6, 6.07) is 4.82. The number of anilines is 1. The van der Waals surface area contributed by atoms with Crippen LogP contribution in [0.5, 0.6) is 0 Å². The molecule has 0 aliphatic carbocycles. The van der Waals surface area contributed by atoms with Gasteiger partial charge in [0.1, 0.15) is 5.82 Å². The number of hydrogen-bond acceptors (Lipinski definition) is 1. The third-order valence-electron chi connectivity index (χ3n) is 0.892. The Morgan fingerprint density at radius 3 is 2.67 bits per heavy atom.